The molecule has 1 aliphatic rings. The number of rotatable bonds is 3. The van der Waals surface area contributed by atoms with E-state index in [0.717, 1.165) is 12.1 Å². The van der Waals surface area contributed by atoms with Gasteiger partial charge in [0.2, 0.25) is 0 Å². The number of anilines is 1. The van der Waals surface area contributed by atoms with Crippen LogP contribution in [0.1, 0.15) is 10.4 Å². The minimum Gasteiger partial charge on any atom is -0.452 e. The Bertz CT molecular complexity index is 515. The van der Waals surface area contributed by atoms with E-state index in [9.17, 15) is 14.0 Å². The van der Waals surface area contributed by atoms with Gasteiger partial charge < -0.3 is 20.1 Å². The van der Waals surface area contributed by atoms with Crippen molar-refractivity contribution in [3.8, 4) is 0 Å². The highest BCUT2D eigenvalue weighted by Gasteiger charge is 2.19. The minimum absolute atomic E-state index is 0.0835. The third-order valence-electron chi connectivity index (χ3n) is 2.93. The van der Waals surface area contributed by atoms with Gasteiger partial charge in [0.25, 0.3) is 5.91 Å². The molecule has 1 fully saturated rings. The van der Waals surface area contributed by atoms with Crippen molar-refractivity contribution in [1.29, 1.82) is 0 Å². The summed E-state index contributed by atoms with van der Waals surface area (Å²) in [6, 6.07) is 3.40. The number of benzene rings is 1. The summed E-state index contributed by atoms with van der Waals surface area (Å²) in [5.41, 5.74) is 5.58. The van der Waals surface area contributed by atoms with Gasteiger partial charge >= 0.3 is 5.97 Å². The fourth-order valence-corrected chi connectivity index (χ4v) is 1.81. The highest BCUT2D eigenvalue weighted by atomic mass is 19.1. The number of ether oxygens (including phenoxy) is 2. The Morgan fingerprint density at radius 2 is 2.05 bits per heavy atom. The van der Waals surface area contributed by atoms with Crippen molar-refractivity contribution >= 4 is 17.6 Å². The Balaban J connectivity index is 1.91. The Morgan fingerprint density at radius 3 is 2.75 bits per heavy atom. The molecule has 0 saturated carbocycles. The van der Waals surface area contributed by atoms with Gasteiger partial charge in [0.1, 0.15) is 5.82 Å². The number of nitrogens with two attached hydrogens (primary N) is 1. The number of halogens is 1. The summed E-state index contributed by atoms with van der Waals surface area (Å²) in [5.74, 6) is -1.72. The fraction of sp³-hybridized carbons (Fsp3) is 0.385. The van der Waals surface area contributed by atoms with Crippen LogP contribution >= 0.6 is 0 Å². The van der Waals surface area contributed by atoms with Crippen molar-refractivity contribution in [3.05, 3.63) is 29.6 Å². The van der Waals surface area contributed by atoms with E-state index in [1.165, 1.54) is 6.07 Å². The molecule has 0 aliphatic carbocycles. The summed E-state index contributed by atoms with van der Waals surface area (Å²) in [6.45, 7) is 1.48. The minimum atomic E-state index is -0.816. The molecule has 0 aromatic heterocycles. The van der Waals surface area contributed by atoms with Crippen molar-refractivity contribution in [2.24, 2.45) is 0 Å². The molecule has 2 N–H and O–H groups in total. The average molecular weight is 282 g/mol. The molecule has 7 heteroatoms. The summed E-state index contributed by atoms with van der Waals surface area (Å²) < 4.78 is 23.0. The van der Waals surface area contributed by atoms with Gasteiger partial charge in [-0.25, -0.2) is 9.18 Å². The molecule has 1 saturated heterocycles. The molecule has 1 aromatic carbocycles. The lowest BCUT2D eigenvalue weighted by atomic mass is 10.2. The molecule has 0 atom stereocenters. The van der Waals surface area contributed by atoms with Crippen LogP contribution in [-0.2, 0) is 14.3 Å². The number of morpholine rings is 1. The molecule has 1 amide bonds. The molecular weight excluding hydrogens is 267 g/mol. The maximum atomic E-state index is 13.0. The summed E-state index contributed by atoms with van der Waals surface area (Å²) in [6.07, 6.45) is 0. The lowest BCUT2D eigenvalue weighted by Gasteiger charge is -2.26. The van der Waals surface area contributed by atoms with Crippen LogP contribution < -0.4 is 5.73 Å². The first-order valence-corrected chi connectivity index (χ1v) is 6.15. The molecule has 108 valence electrons. The third kappa shape index (κ3) is 3.45. The number of hydrogen-bond acceptors (Lipinski definition) is 5. The number of hydrogen-bond donors (Lipinski definition) is 1. The van der Waals surface area contributed by atoms with E-state index in [2.05, 4.69) is 0 Å². The zero-order chi connectivity index (χ0) is 14.5. The Morgan fingerprint density at radius 1 is 1.35 bits per heavy atom. The maximum Gasteiger partial charge on any atom is 0.340 e. The lowest BCUT2D eigenvalue weighted by Crippen LogP contribution is -2.42. The molecule has 0 bridgehead atoms. The quantitative estimate of drug-likeness (QED) is 0.642. The van der Waals surface area contributed by atoms with E-state index >= 15 is 0 Å². The van der Waals surface area contributed by atoms with Gasteiger partial charge in [-0.15, -0.1) is 0 Å². The van der Waals surface area contributed by atoms with Crippen LogP contribution in [-0.4, -0.2) is 49.7 Å². The van der Waals surface area contributed by atoms with E-state index in [4.69, 9.17) is 15.2 Å². The van der Waals surface area contributed by atoms with Crippen LogP contribution in [0.4, 0.5) is 10.1 Å². The number of carbonyl (C=O) groups excluding carboxylic acids is 2. The first-order chi connectivity index (χ1) is 9.58. The molecule has 6 nitrogen and oxygen atoms in total. The van der Waals surface area contributed by atoms with Gasteiger partial charge in [-0.05, 0) is 18.2 Å². The highest BCUT2D eigenvalue weighted by Crippen LogP contribution is 2.14. The number of nitrogen functional groups attached to an aromatic ring is 1. The number of esters is 1. The van der Waals surface area contributed by atoms with Gasteiger partial charge in [0.15, 0.2) is 6.61 Å². The fourth-order valence-electron chi connectivity index (χ4n) is 1.81. The average Bonchev–Trinajstić information content (AvgIpc) is 2.47. The van der Waals surface area contributed by atoms with Gasteiger partial charge in [-0.2, -0.15) is 0 Å². The molecule has 0 unspecified atom stereocenters. The van der Waals surface area contributed by atoms with Crippen molar-refractivity contribution in [2.75, 3.05) is 38.6 Å². The monoisotopic (exact) mass is 282 g/mol. The summed E-state index contributed by atoms with van der Waals surface area (Å²) in [4.78, 5) is 25.1. The normalized spacial score (nSPS) is 14.9. The second-order valence-corrected chi connectivity index (χ2v) is 4.30. The first-order valence-electron chi connectivity index (χ1n) is 6.15. The number of nitrogens with zero attached hydrogens (tertiary/aromatic N) is 1. The van der Waals surface area contributed by atoms with Crippen molar-refractivity contribution in [3.63, 3.8) is 0 Å². The van der Waals surface area contributed by atoms with Crippen LogP contribution in [0.3, 0.4) is 0 Å². The van der Waals surface area contributed by atoms with E-state index in [0.29, 0.717) is 26.3 Å². The topological polar surface area (TPSA) is 81.9 Å². The zero-order valence-electron chi connectivity index (χ0n) is 10.8. The summed E-state index contributed by atoms with van der Waals surface area (Å²) in [5, 5.41) is 0. The van der Waals surface area contributed by atoms with Gasteiger partial charge in [0.05, 0.1) is 18.8 Å². The van der Waals surface area contributed by atoms with Crippen LogP contribution in [0, 0.1) is 5.82 Å². The molecule has 20 heavy (non-hydrogen) atoms. The third-order valence-corrected chi connectivity index (χ3v) is 2.93. The van der Waals surface area contributed by atoms with Gasteiger partial charge in [-0.3, -0.25) is 4.79 Å². The molecule has 1 aliphatic heterocycles. The number of carbonyl (C=O) groups is 2. The standard InChI is InChI=1S/C13H15FN2O4/c14-9-1-2-11(15)10(7-9)13(18)20-8-12(17)16-3-5-19-6-4-16/h1-2,7H,3-6,8,15H2. The molecule has 1 heterocycles. The largest absolute Gasteiger partial charge is 0.452 e. The van der Waals surface area contributed by atoms with Crippen LogP contribution in [0.2, 0.25) is 0 Å². The van der Waals surface area contributed by atoms with E-state index in [-0.39, 0.29) is 17.2 Å². The van der Waals surface area contributed by atoms with Gasteiger partial charge in [0, 0.05) is 18.8 Å². The molecule has 0 radical (unpaired) electrons. The van der Waals surface area contributed by atoms with Gasteiger partial charge in [-0.1, -0.05) is 0 Å². The van der Waals surface area contributed by atoms with Crippen LogP contribution in [0.5, 0.6) is 0 Å². The van der Waals surface area contributed by atoms with Crippen molar-refractivity contribution < 1.29 is 23.5 Å². The van der Waals surface area contributed by atoms with Crippen molar-refractivity contribution in [2.45, 2.75) is 0 Å². The zero-order valence-corrected chi connectivity index (χ0v) is 10.8. The second-order valence-electron chi connectivity index (χ2n) is 4.30. The second kappa shape index (κ2) is 6.33. The molecular formula is C13H15FN2O4. The maximum absolute atomic E-state index is 13.0. The van der Waals surface area contributed by atoms with E-state index in [1.807, 2.05) is 0 Å². The first kappa shape index (κ1) is 14.3. The predicted molar refractivity (Wildman–Crippen MR) is 68.5 cm³/mol. The summed E-state index contributed by atoms with van der Waals surface area (Å²) in [7, 11) is 0. The molecule has 2 rings (SSSR count). The summed E-state index contributed by atoms with van der Waals surface area (Å²) >= 11 is 0. The van der Waals surface area contributed by atoms with Crippen molar-refractivity contribution in [1.82, 2.24) is 4.90 Å². The van der Waals surface area contributed by atoms with E-state index < -0.39 is 18.4 Å². The predicted octanol–water partition coefficient (Wildman–Crippen LogP) is 0.423. The smallest absolute Gasteiger partial charge is 0.340 e. The Labute approximate surface area is 115 Å². The molecule has 0 spiro atoms. The molecule has 1 aromatic rings. The van der Waals surface area contributed by atoms with E-state index in [1.54, 1.807) is 4.90 Å². The SMILES string of the molecule is Nc1ccc(F)cc1C(=O)OCC(=O)N1CCOCC1. The van der Waals surface area contributed by atoms with Crippen LogP contribution in [0.15, 0.2) is 18.2 Å². The Kier molecular flexibility index (Phi) is 4.52. The highest BCUT2D eigenvalue weighted by molar-refractivity contribution is 5.96. The number of amides is 1. The van der Waals surface area contributed by atoms with Crippen LogP contribution in [0.25, 0.3) is 0 Å². The lowest BCUT2D eigenvalue weighted by molar-refractivity contribution is -0.138. The Hall–Kier alpha value is -2.15.